The smallest absolute Gasteiger partial charge is 0.422 e. The van der Waals surface area contributed by atoms with Gasteiger partial charge in [0, 0.05) is 48.3 Å². The Morgan fingerprint density at radius 2 is 1.01 bits per heavy atom. The van der Waals surface area contributed by atoms with Crippen molar-refractivity contribution in [2.24, 2.45) is 5.92 Å². The fourth-order valence-corrected chi connectivity index (χ4v) is 13.9. The number of esters is 4. The lowest BCUT2D eigenvalue weighted by molar-refractivity contribution is -0.169. The zero-order valence-electron chi connectivity index (χ0n) is 80.3. The molecule has 1 unspecified atom stereocenters. The SMILES string of the molecule is C=CN(CC)c1ccc(N(C(=O)C(=O)OC(C)(C)C)c2cc(NCOc3ccccc3)c(OC(=O)C(=O)OC(C)(C)C)cc2NC(=O)C(C)C)c(C)n1.C=CN(CC)c1ccc(N(C(=O)C(=O)OC(C)C)c2cc(NCOc3ccc(Cl)cc3)c(O)cc2NC(=O)C(CCCC)Oc2ccc(C)cc2C)c(C)n1.CCCCCCCCCCCCCC(=O)Nc1cccc(S(=O)(=O)O)c1. The number of hydrogen-bond donors (Lipinski definition) is 7. The van der Waals surface area contributed by atoms with Gasteiger partial charge in [-0.25, -0.2) is 29.1 Å². The van der Waals surface area contributed by atoms with E-state index in [0.717, 1.165) is 46.6 Å². The molecule has 5 amide bonds. The minimum atomic E-state index is -4.25. The van der Waals surface area contributed by atoms with Crippen LogP contribution in [0.25, 0.3) is 0 Å². The van der Waals surface area contributed by atoms with E-state index in [-0.39, 0.29) is 81.3 Å². The zero-order chi connectivity index (χ0) is 99.2. The van der Waals surface area contributed by atoms with Crippen LogP contribution in [0.15, 0.2) is 176 Å². The number of carbonyl (C=O) groups is 9. The third-order valence-corrected chi connectivity index (χ3v) is 21.1. The van der Waals surface area contributed by atoms with Gasteiger partial charge in [-0.2, -0.15) is 8.42 Å². The summed E-state index contributed by atoms with van der Waals surface area (Å²) in [5, 5.41) is 26.2. The maximum Gasteiger partial charge on any atom is 0.422 e. The number of amides is 5. The van der Waals surface area contributed by atoms with Crippen LogP contribution < -0.4 is 65.1 Å². The summed E-state index contributed by atoms with van der Waals surface area (Å²) in [6.45, 7) is 40.1. The van der Waals surface area contributed by atoms with E-state index in [1.165, 1.54) is 93.8 Å². The van der Waals surface area contributed by atoms with Gasteiger partial charge in [0.15, 0.2) is 25.3 Å². The largest absolute Gasteiger partial charge is 0.506 e. The first-order valence-corrected chi connectivity index (χ1v) is 46.9. The number of hydrogen-bond acceptors (Lipinski definition) is 25. The van der Waals surface area contributed by atoms with Crippen molar-refractivity contribution in [1.29, 1.82) is 0 Å². The normalized spacial score (nSPS) is 11.3. The molecule has 134 heavy (non-hydrogen) atoms. The Hall–Kier alpha value is -13.1. The molecule has 8 aromatic rings. The van der Waals surface area contributed by atoms with Crippen LogP contribution in [0.1, 0.15) is 216 Å². The summed E-state index contributed by atoms with van der Waals surface area (Å²) >= 11 is 6.02. The molecule has 0 spiro atoms. The van der Waals surface area contributed by atoms with E-state index in [0.29, 0.717) is 83.3 Å². The fourth-order valence-electron chi connectivity index (χ4n) is 13.2. The van der Waals surface area contributed by atoms with Gasteiger partial charge in [-0.05, 0) is 231 Å². The van der Waals surface area contributed by atoms with Gasteiger partial charge in [0.2, 0.25) is 11.8 Å². The van der Waals surface area contributed by atoms with Crippen molar-refractivity contribution in [2.75, 3.05) is 72.7 Å². The molecule has 0 saturated heterocycles. The number of anilines is 11. The molecule has 0 saturated carbocycles. The Morgan fingerprint density at radius 3 is 1.51 bits per heavy atom. The number of benzene rings is 6. The van der Waals surface area contributed by atoms with Crippen molar-refractivity contribution in [2.45, 2.75) is 249 Å². The quantitative estimate of drug-likeness (QED) is 0.00273. The highest BCUT2D eigenvalue weighted by atomic mass is 35.5. The Morgan fingerprint density at radius 1 is 0.507 bits per heavy atom. The van der Waals surface area contributed by atoms with Crippen LogP contribution in [0, 0.1) is 33.6 Å². The molecule has 0 fully saturated rings. The number of para-hydroxylation sites is 1. The van der Waals surface area contributed by atoms with E-state index in [1.54, 1.807) is 179 Å². The van der Waals surface area contributed by atoms with Gasteiger partial charge >= 0.3 is 35.7 Å². The molecule has 2 aromatic heterocycles. The number of nitrogens with one attached hydrogen (secondary N) is 5. The number of aromatic hydroxyl groups is 1. The van der Waals surface area contributed by atoms with Crippen molar-refractivity contribution in [3.8, 4) is 28.7 Å². The van der Waals surface area contributed by atoms with Crippen LogP contribution in [0.2, 0.25) is 5.02 Å². The summed E-state index contributed by atoms with van der Waals surface area (Å²) in [5.41, 5.74) is 1.57. The van der Waals surface area contributed by atoms with E-state index < -0.39 is 87.0 Å². The van der Waals surface area contributed by atoms with E-state index in [4.69, 9.17) is 54.3 Å². The molecule has 2 heterocycles. The summed E-state index contributed by atoms with van der Waals surface area (Å²) in [5.74, 6) is -6.57. The van der Waals surface area contributed by atoms with Crippen LogP contribution >= 0.6 is 11.6 Å². The highest BCUT2D eigenvalue weighted by molar-refractivity contribution is 7.85. The van der Waals surface area contributed by atoms with Gasteiger partial charge in [0.1, 0.15) is 45.8 Å². The van der Waals surface area contributed by atoms with Gasteiger partial charge < -0.3 is 74.6 Å². The van der Waals surface area contributed by atoms with Gasteiger partial charge in [-0.1, -0.05) is 165 Å². The van der Waals surface area contributed by atoms with Gasteiger partial charge in [0.05, 0.1) is 67.9 Å². The number of halogens is 1. The first-order valence-electron chi connectivity index (χ1n) is 45.1. The number of pyridine rings is 2. The molecule has 1 atom stereocenters. The number of aryl methyl sites for hydroxylation is 4. The van der Waals surface area contributed by atoms with Gasteiger partial charge in [-0.3, -0.25) is 38.3 Å². The number of carbonyl (C=O) groups excluding carboxylic acids is 9. The average molecular weight is 1890 g/mol. The van der Waals surface area contributed by atoms with Crippen LogP contribution in [0.3, 0.4) is 0 Å². The van der Waals surface area contributed by atoms with E-state index in [2.05, 4.69) is 51.6 Å². The molecule has 7 N–H and O–H groups in total. The minimum absolute atomic E-state index is 0.0212. The Kier molecular flexibility index (Phi) is 43.9. The van der Waals surface area contributed by atoms with E-state index in [9.17, 15) is 56.7 Å². The molecule has 33 heteroatoms. The second kappa shape index (κ2) is 53.6. The summed E-state index contributed by atoms with van der Waals surface area (Å²) in [6, 6.07) is 38.9. The minimum Gasteiger partial charge on any atom is -0.506 e. The number of ether oxygens (including phenoxy) is 7. The predicted molar refractivity (Wildman–Crippen MR) is 526 cm³/mol. The standard InChI is InChI=1S/C42H50ClN5O7.C39H49N5O9.C20H33NO4S/c1-9-12-13-38(55-37-20-14-27(6)22-28(37)7)40(50)46-32-24-36(49)33(44-25-53-31-17-15-30(43)16-18-31)23-35(32)48(41(51)42(52)54-26(4)5)34-19-21-39(45-29(34)8)47(10-2)11-3;1-12-43(13-2)32-20-19-29(25(5)41-32)44(34(46)35(47)52-38(6,7)8)30-21-28(40-23-50-26-17-15-14-16-18-26)31(22-27(30)42-33(45)24(3)4)51-36(48)37(49)53-39(9,10)11;1-2-3-4-5-6-7-8-9-10-11-12-16-20(22)21-18-14-13-15-19(17-18)26(23,24)25/h10,14-24,26,38,44,49H,2,9,11-13,25H2,1,3-8H3,(H,46,50);12,14-22,24,40H,1,13,23H2,2-11H3,(H,42,45);13-15,17H,2-12,16H2,1H3,(H,21,22)(H,23,24,25). The molecular weight excluding hydrogens is 1750 g/mol. The predicted octanol–water partition coefficient (Wildman–Crippen LogP) is 21.2. The molecule has 0 aliphatic carbocycles. The Bertz CT molecular complexity index is 5430. The highest BCUT2D eigenvalue weighted by Gasteiger charge is 2.37. The maximum atomic E-state index is 14.3. The fraction of sp³-hybridized carbons (Fsp3) is 0.416. The topological polar surface area (TPSA) is 392 Å². The van der Waals surface area contributed by atoms with Gasteiger partial charge in [0.25, 0.3) is 16.0 Å². The van der Waals surface area contributed by atoms with Crippen molar-refractivity contribution in [3.05, 3.63) is 199 Å². The number of phenolic OH excluding ortho intramolecular Hbond substituents is 1. The number of unbranched alkanes of at least 4 members (excludes halogenated alkanes) is 11. The monoisotopic (exact) mass is 1890 g/mol. The van der Waals surface area contributed by atoms with Crippen LogP contribution in [-0.4, -0.2) is 131 Å². The van der Waals surface area contributed by atoms with E-state index in [1.807, 2.05) is 63.8 Å². The molecule has 0 aliphatic rings. The summed E-state index contributed by atoms with van der Waals surface area (Å²) < 4.78 is 70.7. The summed E-state index contributed by atoms with van der Waals surface area (Å²) in [4.78, 5) is 135. The lowest BCUT2D eigenvalue weighted by Crippen LogP contribution is -2.39. The van der Waals surface area contributed by atoms with Crippen LogP contribution in [0.4, 0.5) is 62.8 Å². The third-order valence-electron chi connectivity index (χ3n) is 20.0. The first kappa shape index (κ1) is 110. The Balaban J connectivity index is 0.000000328. The molecule has 0 aliphatic heterocycles. The van der Waals surface area contributed by atoms with Gasteiger partial charge in [-0.15, -0.1) is 0 Å². The van der Waals surface area contributed by atoms with Crippen LogP contribution in [0.5, 0.6) is 28.7 Å². The maximum absolute atomic E-state index is 14.3. The first-order chi connectivity index (χ1) is 63.4. The second-order valence-electron chi connectivity index (χ2n) is 34.1. The number of aromatic nitrogens is 2. The average Bonchev–Trinajstić information content (AvgIpc) is 0.771. The van der Waals surface area contributed by atoms with E-state index >= 15 is 0 Å². The third kappa shape index (κ3) is 35.8. The second-order valence-corrected chi connectivity index (χ2v) is 35.9. The van der Waals surface area contributed by atoms with Crippen molar-refractivity contribution < 1.29 is 94.4 Å². The molecule has 0 radical (unpaired) electrons. The highest BCUT2D eigenvalue weighted by Crippen LogP contribution is 2.45. The number of phenols is 1. The molecule has 6 aromatic carbocycles. The molecule has 0 bridgehead atoms. The number of nitrogens with zero attached hydrogens (tertiary/aromatic N) is 6. The molecule has 31 nitrogen and oxygen atoms in total. The molecule has 8 rings (SSSR count). The lowest BCUT2D eigenvalue weighted by atomic mass is 10.1. The summed E-state index contributed by atoms with van der Waals surface area (Å²) in [7, 11) is -4.25. The summed E-state index contributed by atoms with van der Waals surface area (Å²) in [6.07, 6.45) is 17.6. The Labute approximate surface area is 793 Å². The van der Waals surface area contributed by atoms with Crippen molar-refractivity contribution in [3.63, 3.8) is 0 Å². The lowest BCUT2D eigenvalue weighted by Gasteiger charge is -2.29. The van der Waals surface area contributed by atoms with Crippen molar-refractivity contribution in [1.82, 2.24) is 9.97 Å². The molecule has 724 valence electrons. The van der Waals surface area contributed by atoms with Crippen LogP contribution in [-0.2, 0) is 67.5 Å². The van der Waals surface area contributed by atoms with Crippen molar-refractivity contribution >= 4 is 138 Å². The molecular formula is C101H132ClN11O20S. The number of rotatable bonds is 43. The zero-order valence-corrected chi connectivity index (χ0v) is 81.9.